The van der Waals surface area contributed by atoms with E-state index in [4.69, 9.17) is 18.9 Å². The maximum Gasteiger partial charge on any atom is 0.195 e. The Morgan fingerprint density at radius 1 is 0.815 bits per heavy atom. The van der Waals surface area contributed by atoms with Crippen LogP contribution >= 0.6 is 0 Å². The molecule has 0 spiro atoms. The molecule has 27 heavy (non-hydrogen) atoms. The maximum absolute atomic E-state index is 5.98. The second kappa shape index (κ2) is 13.1. The average molecular weight is 379 g/mol. The number of benzene rings is 1. The number of hydrogen-bond acceptors (Lipinski definition) is 4. The van der Waals surface area contributed by atoms with Gasteiger partial charge >= 0.3 is 0 Å². The van der Waals surface area contributed by atoms with Crippen LogP contribution in [0.1, 0.15) is 76.7 Å². The molecule has 1 heterocycles. The zero-order chi connectivity index (χ0) is 19.2. The zero-order valence-electron chi connectivity index (χ0n) is 17.3. The highest BCUT2D eigenvalue weighted by molar-refractivity contribution is 5.30. The lowest BCUT2D eigenvalue weighted by atomic mass is 10.0. The third kappa shape index (κ3) is 7.81. The minimum absolute atomic E-state index is 0.617. The quantitative estimate of drug-likeness (QED) is 0.360. The summed E-state index contributed by atoms with van der Waals surface area (Å²) in [6, 6.07) is 7.98. The van der Waals surface area contributed by atoms with Crippen LogP contribution in [0.2, 0.25) is 0 Å². The minimum atomic E-state index is -0.617. The Bertz CT molecular complexity index is 480. The summed E-state index contributed by atoms with van der Waals surface area (Å²) in [6.07, 6.45) is 12.4. The number of rotatable bonds is 15. The van der Waals surface area contributed by atoms with E-state index in [-0.39, 0.29) is 0 Å². The van der Waals surface area contributed by atoms with Crippen molar-refractivity contribution in [3.63, 3.8) is 0 Å². The van der Waals surface area contributed by atoms with Crippen LogP contribution in [0.3, 0.4) is 0 Å². The fourth-order valence-corrected chi connectivity index (χ4v) is 3.60. The van der Waals surface area contributed by atoms with Gasteiger partial charge in [-0.2, -0.15) is 0 Å². The van der Waals surface area contributed by atoms with Crippen LogP contribution in [-0.2, 0) is 20.0 Å². The van der Waals surface area contributed by atoms with Crippen molar-refractivity contribution in [2.24, 2.45) is 0 Å². The van der Waals surface area contributed by atoms with E-state index in [1.54, 1.807) is 7.11 Å². The summed E-state index contributed by atoms with van der Waals surface area (Å²) in [5, 5.41) is 0. The molecule has 0 bridgehead atoms. The Labute approximate surface area is 165 Å². The molecule has 0 atom stereocenters. The molecule has 0 unspecified atom stereocenters. The third-order valence-corrected chi connectivity index (χ3v) is 5.22. The van der Waals surface area contributed by atoms with Crippen LogP contribution in [0.4, 0.5) is 0 Å². The van der Waals surface area contributed by atoms with Gasteiger partial charge in [-0.15, -0.1) is 0 Å². The van der Waals surface area contributed by atoms with Crippen molar-refractivity contribution in [2.45, 2.75) is 76.9 Å². The monoisotopic (exact) mass is 378 g/mol. The molecule has 0 aliphatic carbocycles. The van der Waals surface area contributed by atoms with Crippen molar-refractivity contribution in [1.82, 2.24) is 0 Å². The van der Waals surface area contributed by atoms with E-state index in [9.17, 15) is 0 Å². The lowest BCUT2D eigenvalue weighted by Gasteiger charge is -2.28. The second-order valence-corrected chi connectivity index (χ2v) is 7.37. The minimum Gasteiger partial charge on any atom is -0.497 e. The van der Waals surface area contributed by atoms with Crippen LogP contribution in [0, 0.1) is 0 Å². The van der Waals surface area contributed by atoms with Gasteiger partial charge in [-0.05, 0) is 37.1 Å². The predicted molar refractivity (Wildman–Crippen MR) is 109 cm³/mol. The summed E-state index contributed by atoms with van der Waals surface area (Å²) in [4.78, 5) is 0. The highest BCUT2D eigenvalue weighted by Crippen LogP contribution is 2.36. The zero-order valence-corrected chi connectivity index (χ0v) is 17.3. The average Bonchev–Trinajstić information content (AvgIpc) is 3.19. The molecule has 0 radical (unpaired) electrons. The van der Waals surface area contributed by atoms with E-state index in [1.165, 1.54) is 51.4 Å². The Balaban J connectivity index is 1.57. The van der Waals surface area contributed by atoms with Gasteiger partial charge in [-0.3, -0.25) is 0 Å². The lowest BCUT2D eigenvalue weighted by Crippen LogP contribution is -2.27. The van der Waals surface area contributed by atoms with Gasteiger partial charge in [0.2, 0.25) is 0 Å². The SMILES string of the molecule is CCCCCCCCCCOCCCC1(c2ccc(OC)cc2)OCCO1. The summed E-state index contributed by atoms with van der Waals surface area (Å²) in [5.74, 6) is 0.231. The smallest absolute Gasteiger partial charge is 0.195 e. The van der Waals surface area contributed by atoms with Gasteiger partial charge in [-0.1, -0.05) is 51.9 Å². The van der Waals surface area contributed by atoms with E-state index in [1.807, 2.05) is 24.3 Å². The van der Waals surface area contributed by atoms with Crippen molar-refractivity contribution in [1.29, 1.82) is 0 Å². The normalized spacial score (nSPS) is 15.9. The molecule has 0 amide bonds. The molecule has 1 aromatic carbocycles. The van der Waals surface area contributed by atoms with E-state index < -0.39 is 5.79 Å². The number of methoxy groups -OCH3 is 1. The molecule has 2 rings (SSSR count). The second-order valence-electron chi connectivity index (χ2n) is 7.37. The molecule has 1 saturated heterocycles. The Hall–Kier alpha value is -1.10. The molecule has 1 aromatic rings. The molecular weight excluding hydrogens is 340 g/mol. The molecule has 4 nitrogen and oxygen atoms in total. The molecule has 4 heteroatoms. The van der Waals surface area contributed by atoms with Gasteiger partial charge in [0.05, 0.1) is 20.3 Å². The lowest BCUT2D eigenvalue weighted by molar-refractivity contribution is -0.173. The molecule has 0 N–H and O–H groups in total. The highest BCUT2D eigenvalue weighted by Gasteiger charge is 2.37. The maximum atomic E-state index is 5.98. The van der Waals surface area contributed by atoms with Gasteiger partial charge in [-0.25, -0.2) is 0 Å². The Morgan fingerprint density at radius 3 is 2.04 bits per heavy atom. The van der Waals surface area contributed by atoms with Crippen molar-refractivity contribution < 1.29 is 18.9 Å². The summed E-state index contributed by atoms with van der Waals surface area (Å²) in [7, 11) is 1.68. The predicted octanol–water partition coefficient (Wildman–Crippen LogP) is 5.83. The van der Waals surface area contributed by atoms with E-state index in [0.29, 0.717) is 13.2 Å². The van der Waals surface area contributed by atoms with Gasteiger partial charge in [0.25, 0.3) is 0 Å². The first-order valence-electron chi connectivity index (χ1n) is 10.8. The van der Waals surface area contributed by atoms with Crippen molar-refractivity contribution >= 4 is 0 Å². The summed E-state index contributed by atoms with van der Waals surface area (Å²) < 4.78 is 23.0. The van der Waals surface area contributed by atoms with Crippen LogP contribution in [0.5, 0.6) is 5.75 Å². The van der Waals surface area contributed by atoms with Gasteiger partial charge in [0, 0.05) is 25.2 Å². The Kier molecular flexibility index (Phi) is 10.8. The molecule has 0 aromatic heterocycles. The van der Waals surface area contributed by atoms with E-state index >= 15 is 0 Å². The first-order valence-corrected chi connectivity index (χ1v) is 10.8. The van der Waals surface area contributed by atoms with E-state index in [2.05, 4.69) is 6.92 Å². The van der Waals surface area contributed by atoms with E-state index in [0.717, 1.165) is 37.4 Å². The molecule has 0 saturated carbocycles. The standard InChI is InChI=1S/C23H38O4/c1-3-4-5-6-7-8-9-10-17-25-18-11-16-23(26-19-20-27-23)21-12-14-22(24-2)15-13-21/h12-15H,3-11,16-20H2,1-2H3. The van der Waals surface area contributed by atoms with Crippen LogP contribution < -0.4 is 4.74 Å². The topological polar surface area (TPSA) is 36.9 Å². The summed E-state index contributed by atoms with van der Waals surface area (Å²) in [5.41, 5.74) is 1.06. The van der Waals surface area contributed by atoms with Crippen molar-refractivity contribution in [3.8, 4) is 5.75 Å². The first-order chi connectivity index (χ1) is 13.3. The number of hydrogen-bond donors (Lipinski definition) is 0. The Morgan fingerprint density at radius 2 is 1.41 bits per heavy atom. The third-order valence-electron chi connectivity index (χ3n) is 5.22. The van der Waals surface area contributed by atoms with Crippen molar-refractivity contribution in [3.05, 3.63) is 29.8 Å². The molecule has 1 aliphatic heterocycles. The first kappa shape index (κ1) is 22.2. The van der Waals surface area contributed by atoms with Gasteiger partial charge in [0.15, 0.2) is 5.79 Å². The molecule has 1 fully saturated rings. The van der Waals surface area contributed by atoms with Gasteiger partial charge < -0.3 is 18.9 Å². The summed E-state index contributed by atoms with van der Waals surface area (Å²) in [6.45, 7) is 5.19. The molecular formula is C23H38O4. The van der Waals surface area contributed by atoms with Gasteiger partial charge in [0.1, 0.15) is 5.75 Å². The fraction of sp³-hybridized carbons (Fsp3) is 0.739. The van der Waals surface area contributed by atoms with Crippen LogP contribution in [0.25, 0.3) is 0 Å². The van der Waals surface area contributed by atoms with Crippen LogP contribution in [0.15, 0.2) is 24.3 Å². The fourth-order valence-electron chi connectivity index (χ4n) is 3.60. The van der Waals surface area contributed by atoms with Crippen molar-refractivity contribution in [2.75, 3.05) is 33.5 Å². The number of unbranched alkanes of at least 4 members (excludes halogenated alkanes) is 7. The summed E-state index contributed by atoms with van der Waals surface area (Å²) >= 11 is 0. The highest BCUT2D eigenvalue weighted by atomic mass is 16.7. The number of ether oxygens (including phenoxy) is 4. The van der Waals surface area contributed by atoms with Crippen LogP contribution in [-0.4, -0.2) is 33.5 Å². The molecule has 1 aliphatic rings. The largest absolute Gasteiger partial charge is 0.497 e. The molecule has 154 valence electrons.